The Balaban J connectivity index is -0.0000000865. The molecule has 0 amide bonds. The van der Waals surface area contributed by atoms with E-state index in [0.717, 1.165) is 0 Å². The molecule has 0 heterocycles. The van der Waals surface area contributed by atoms with Crippen molar-refractivity contribution in [3.05, 3.63) is 36.5 Å². The van der Waals surface area contributed by atoms with Crippen molar-refractivity contribution in [2.45, 2.75) is 20.8 Å². The topological polar surface area (TPSA) is 120 Å². The van der Waals surface area contributed by atoms with E-state index in [1.54, 1.807) is 0 Å². The first-order valence-electron chi connectivity index (χ1n) is 4.54. The maximum Gasteiger partial charge on any atom is 3.00 e. The van der Waals surface area contributed by atoms with E-state index in [0.29, 0.717) is 0 Å². The van der Waals surface area contributed by atoms with Crippen LogP contribution in [0.15, 0.2) is 36.5 Å². The predicted molar refractivity (Wildman–Crippen MR) is 59.5 cm³/mol. The fourth-order valence-corrected chi connectivity index (χ4v) is 0. The normalized spacial score (nSPS) is 7.11. The SMILES string of the molecule is C=C(C)C(=O)[O-].C=C(C)C(=O)[O-].C=C(C)C(=O)[O-].[Co+3]. The Morgan fingerprint density at radius 1 is 0.632 bits per heavy atom. The molecule has 0 bridgehead atoms. The molecule has 0 saturated carbocycles. The van der Waals surface area contributed by atoms with E-state index in [9.17, 15) is 29.7 Å². The van der Waals surface area contributed by atoms with Gasteiger partial charge in [-0.25, -0.2) is 0 Å². The molecule has 0 aromatic carbocycles. The van der Waals surface area contributed by atoms with Crippen molar-refractivity contribution < 1.29 is 46.5 Å². The van der Waals surface area contributed by atoms with Crippen LogP contribution in [0.4, 0.5) is 0 Å². The fourth-order valence-electron chi connectivity index (χ4n) is 0. The first-order chi connectivity index (χ1) is 7.93. The van der Waals surface area contributed by atoms with Gasteiger partial charge in [0.15, 0.2) is 0 Å². The summed E-state index contributed by atoms with van der Waals surface area (Å²) < 4.78 is 0. The van der Waals surface area contributed by atoms with Crippen LogP contribution in [-0.2, 0) is 31.2 Å². The van der Waals surface area contributed by atoms with Crippen LogP contribution in [0.3, 0.4) is 0 Å². The standard InChI is InChI=1S/3C4H6O2.Co/c3*1-3(2)4(5)6;/h3*1H2,2H3,(H,5,6);/q;;;+3/p-3. The van der Waals surface area contributed by atoms with Crippen molar-refractivity contribution in [2.24, 2.45) is 0 Å². The van der Waals surface area contributed by atoms with Gasteiger partial charge >= 0.3 is 16.8 Å². The molecule has 0 spiro atoms. The third-order valence-electron chi connectivity index (χ3n) is 1.05. The third kappa shape index (κ3) is 31.4. The molecule has 0 rings (SSSR count). The fraction of sp³-hybridized carbons (Fsp3) is 0.250. The van der Waals surface area contributed by atoms with Gasteiger partial charge in [-0.2, -0.15) is 0 Å². The van der Waals surface area contributed by atoms with Crippen LogP contribution in [0.2, 0.25) is 0 Å². The first kappa shape index (κ1) is 25.9. The van der Waals surface area contributed by atoms with Crippen molar-refractivity contribution in [3.8, 4) is 0 Å². The van der Waals surface area contributed by atoms with Gasteiger partial charge in [0.2, 0.25) is 0 Å². The number of carboxylic acid groups (broad SMARTS) is 3. The number of carbonyl (C=O) groups is 3. The number of hydrogen-bond acceptors (Lipinski definition) is 6. The maximum absolute atomic E-state index is 9.49. The Labute approximate surface area is 122 Å². The second kappa shape index (κ2) is 14.2. The summed E-state index contributed by atoms with van der Waals surface area (Å²) in [6.45, 7) is 13.4. The molecule has 0 aliphatic heterocycles. The molecule has 0 aromatic heterocycles. The van der Waals surface area contributed by atoms with Gasteiger partial charge in [-0.15, -0.1) is 0 Å². The van der Waals surface area contributed by atoms with Crippen LogP contribution >= 0.6 is 0 Å². The summed E-state index contributed by atoms with van der Waals surface area (Å²) in [5, 5.41) is 28.5. The Morgan fingerprint density at radius 2 is 0.684 bits per heavy atom. The van der Waals surface area contributed by atoms with E-state index in [1.807, 2.05) is 0 Å². The third-order valence-corrected chi connectivity index (χ3v) is 1.05. The molecule has 0 aromatic rings. The molecule has 6 nitrogen and oxygen atoms in total. The Bertz CT molecular complexity index is 277. The monoisotopic (exact) mass is 314 g/mol. The van der Waals surface area contributed by atoms with Gasteiger partial charge in [0, 0.05) is 0 Å². The van der Waals surface area contributed by atoms with Crippen molar-refractivity contribution in [1.82, 2.24) is 0 Å². The summed E-state index contributed by atoms with van der Waals surface area (Å²) in [7, 11) is 0. The summed E-state index contributed by atoms with van der Waals surface area (Å²) in [4.78, 5) is 28.5. The van der Waals surface area contributed by atoms with E-state index in [2.05, 4.69) is 19.7 Å². The molecule has 0 unspecified atom stereocenters. The van der Waals surface area contributed by atoms with Crippen molar-refractivity contribution >= 4 is 17.9 Å². The van der Waals surface area contributed by atoms with Crippen LogP contribution in [-0.4, -0.2) is 17.9 Å². The minimum Gasteiger partial charge on any atom is -0.545 e. The second-order valence-electron chi connectivity index (χ2n) is 3.20. The Hall–Kier alpha value is -1.86. The molecule has 108 valence electrons. The average Bonchev–Trinajstić information content (AvgIpc) is 2.18. The molecule has 0 saturated heterocycles. The molecule has 19 heavy (non-hydrogen) atoms. The first-order valence-corrected chi connectivity index (χ1v) is 4.54. The van der Waals surface area contributed by atoms with E-state index >= 15 is 0 Å². The number of carboxylic acids is 3. The smallest absolute Gasteiger partial charge is 0.545 e. The van der Waals surface area contributed by atoms with E-state index in [-0.39, 0.29) is 33.5 Å². The number of hydrogen-bond donors (Lipinski definition) is 0. The summed E-state index contributed by atoms with van der Waals surface area (Å²) in [6.07, 6.45) is 0. The van der Waals surface area contributed by atoms with Crippen molar-refractivity contribution in [1.29, 1.82) is 0 Å². The van der Waals surface area contributed by atoms with Crippen molar-refractivity contribution in [2.75, 3.05) is 0 Å². The summed E-state index contributed by atoms with van der Waals surface area (Å²) >= 11 is 0. The van der Waals surface area contributed by atoms with Gasteiger partial charge in [-0.05, 0) is 37.5 Å². The number of carbonyl (C=O) groups excluding carboxylic acids is 3. The quantitative estimate of drug-likeness (QED) is 0.552. The van der Waals surface area contributed by atoms with Gasteiger partial charge < -0.3 is 29.7 Å². The largest absolute Gasteiger partial charge is 3.00 e. The summed E-state index contributed by atoms with van der Waals surface area (Å²) in [5.41, 5.74) is 0.194. The van der Waals surface area contributed by atoms with E-state index in [4.69, 9.17) is 0 Å². The molecule has 7 heteroatoms. The van der Waals surface area contributed by atoms with Gasteiger partial charge in [-0.1, -0.05) is 19.7 Å². The minimum absolute atomic E-state index is 0. The van der Waals surface area contributed by atoms with Crippen LogP contribution in [0.25, 0.3) is 0 Å². The van der Waals surface area contributed by atoms with Crippen LogP contribution in [0.5, 0.6) is 0 Å². The molecule has 0 aliphatic carbocycles. The molecular weight excluding hydrogens is 299 g/mol. The molecule has 0 atom stereocenters. The Kier molecular flexibility index (Phi) is 19.3. The van der Waals surface area contributed by atoms with Gasteiger partial charge in [0.1, 0.15) is 0 Å². The second-order valence-corrected chi connectivity index (χ2v) is 3.20. The Morgan fingerprint density at radius 3 is 0.684 bits per heavy atom. The molecule has 0 fully saturated rings. The predicted octanol–water partition coefficient (Wildman–Crippen LogP) is -2.07. The van der Waals surface area contributed by atoms with Gasteiger partial charge in [0.25, 0.3) is 0 Å². The molecule has 0 aliphatic rings. The van der Waals surface area contributed by atoms with Crippen LogP contribution in [0, 0.1) is 0 Å². The zero-order valence-electron chi connectivity index (χ0n) is 10.9. The number of rotatable bonds is 3. The zero-order valence-corrected chi connectivity index (χ0v) is 11.9. The van der Waals surface area contributed by atoms with Crippen LogP contribution < -0.4 is 15.3 Å². The molecule has 0 N–H and O–H groups in total. The van der Waals surface area contributed by atoms with Gasteiger partial charge in [0.05, 0.1) is 17.9 Å². The molecular formula is C12H15CoO6. The zero-order chi connectivity index (χ0) is 15.5. The van der Waals surface area contributed by atoms with Crippen LogP contribution in [0.1, 0.15) is 20.8 Å². The number of aliphatic carboxylic acids is 3. The van der Waals surface area contributed by atoms with E-state index in [1.165, 1.54) is 20.8 Å². The van der Waals surface area contributed by atoms with E-state index < -0.39 is 17.9 Å². The maximum atomic E-state index is 9.49. The average molecular weight is 314 g/mol. The summed E-state index contributed by atoms with van der Waals surface area (Å²) in [5.74, 6) is -3.56. The molecule has 0 radical (unpaired) electrons. The van der Waals surface area contributed by atoms with Gasteiger partial charge in [-0.3, -0.25) is 0 Å². The minimum atomic E-state index is -1.19. The van der Waals surface area contributed by atoms with Crippen molar-refractivity contribution in [3.63, 3.8) is 0 Å². The summed E-state index contributed by atoms with van der Waals surface area (Å²) in [6, 6.07) is 0.